The van der Waals surface area contributed by atoms with Crippen molar-refractivity contribution in [3.05, 3.63) is 39.8 Å². The van der Waals surface area contributed by atoms with Crippen molar-refractivity contribution in [1.29, 1.82) is 0 Å². The van der Waals surface area contributed by atoms with Gasteiger partial charge in [-0.05, 0) is 43.9 Å². The maximum absolute atomic E-state index is 6.26. The summed E-state index contributed by atoms with van der Waals surface area (Å²) in [7, 11) is 2.06. The molecule has 3 nitrogen and oxygen atoms in total. The minimum Gasteiger partial charge on any atom is -0.367 e. The predicted octanol–water partition coefficient (Wildman–Crippen LogP) is 6.85. The highest BCUT2D eigenvalue weighted by Crippen LogP contribution is 2.38. The van der Waals surface area contributed by atoms with Gasteiger partial charge in [0.05, 0.1) is 11.3 Å². The van der Waals surface area contributed by atoms with Crippen LogP contribution in [0.3, 0.4) is 0 Å². The Labute approximate surface area is 170 Å². The van der Waals surface area contributed by atoms with Gasteiger partial charge < -0.3 is 9.30 Å². The predicted molar refractivity (Wildman–Crippen MR) is 110 cm³/mol. The van der Waals surface area contributed by atoms with Gasteiger partial charge in [-0.1, -0.05) is 61.7 Å². The van der Waals surface area contributed by atoms with Crippen molar-refractivity contribution >= 4 is 35.0 Å². The molecule has 1 fully saturated rings. The third-order valence-corrected chi connectivity index (χ3v) is 6.55. The maximum Gasteiger partial charge on any atom is 0.135 e. The van der Waals surface area contributed by atoms with Crippen LogP contribution in [-0.4, -0.2) is 15.2 Å². The number of halogens is 2. The number of benzene rings is 1. The summed E-state index contributed by atoms with van der Waals surface area (Å²) in [6, 6.07) is 5.62. The molecule has 6 heteroatoms. The molecule has 1 aliphatic carbocycles. The monoisotopic (exact) mass is 412 g/mol. The van der Waals surface area contributed by atoms with E-state index < -0.39 is 0 Å². The second-order valence-corrected chi connectivity index (χ2v) is 9.52. The average molecular weight is 413 g/mol. The lowest BCUT2D eigenvalue weighted by Crippen LogP contribution is -2.24. The molecule has 1 aromatic carbocycles. The van der Waals surface area contributed by atoms with Crippen molar-refractivity contribution in [3.63, 3.8) is 0 Å². The van der Waals surface area contributed by atoms with Crippen molar-refractivity contribution in [2.75, 3.05) is 0 Å². The van der Waals surface area contributed by atoms with E-state index in [1.54, 1.807) is 17.8 Å². The van der Waals surface area contributed by atoms with Crippen molar-refractivity contribution in [1.82, 2.24) is 9.55 Å². The molecule has 2 aromatic rings. The second-order valence-electron chi connectivity index (χ2n) is 7.59. The SMILES string of the molecule is CC(C)c1nc(COC2(C)CCCC2)n(C)c1Sc1cc(Cl)cc(Cl)c1. The third-order valence-electron chi connectivity index (χ3n) is 4.97. The molecule has 1 heterocycles. The van der Waals surface area contributed by atoms with Crippen molar-refractivity contribution in [3.8, 4) is 0 Å². The second kappa shape index (κ2) is 8.14. The Kier molecular flexibility index (Phi) is 6.28. The van der Waals surface area contributed by atoms with Gasteiger partial charge in [-0.2, -0.15) is 0 Å². The molecule has 0 saturated heterocycles. The molecular formula is C20H26Cl2N2OS. The summed E-state index contributed by atoms with van der Waals surface area (Å²) in [6.45, 7) is 7.10. The molecule has 0 unspecified atom stereocenters. The number of rotatable bonds is 6. The van der Waals surface area contributed by atoms with Gasteiger partial charge in [0.15, 0.2) is 0 Å². The van der Waals surface area contributed by atoms with Gasteiger partial charge in [-0.15, -0.1) is 0 Å². The highest BCUT2D eigenvalue weighted by atomic mass is 35.5. The summed E-state index contributed by atoms with van der Waals surface area (Å²) in [6.07, 6.45) is 4.78. The van der Waals surface area contributed by atoms with Gasteiger partial charge in [0.25, 0.3) is 0 Å². The van der Waals surface area contributed by atoms with Crippen LogP contribution in [0, 0.1) is 0 Å². The first-order chi connectivity index (χ1) is 12.3. The van der Waals surface area contributed by atoms with E-state index in [2.05, 4.69) is 32.4 Å². The standard InChI is InChI=1S/C20H26Cl2N2OS/c1-13(2)18-19(26-16-10-14(21)9-15(22)11-16)24(4)17(23-18)12-25-20(3)7-5-6-8-20/h9-11,13H,5-8,12H2,1-4H3. The molecular weight excluding hydrogens is 387 g/mol. The largest absolute Gasteiger partial charge is 0.367 e. The van der Waals surface area contributed by atoms with Crippen molar-refractivity contribution in [2.45, 2.75) is 74.5 Å². The summed E-state index contributed by atoms with van der Waals surface area (Å²) in [5.74, 6) is 1.30. The summed E-state index contributed by atoms with van der Waals surface area (Å²) < 4.78 is 8.40. The van der Waals surface area contributed by atoms with E-state index in [-0.39, 0.29) is 5.60 Å². The Morgan fingerprint density at radius 2 is 1.81 bits per heavy atom. The molecule has 0 radical (unpaired) electrons. The van der Waals surface area contributed by atoms with Crippen LogP contribution in [0.4, 0.5) is 0 Å². The molecule has 0 bridgehead atoms. The summed E-state index contributed by atoms with van der Waals surface area (Å²) in [4.78, 5) is 5.91. The molecule has 0 atom stereocenters. The van der Waals surface area contributed by atoms with Gasteiger partial charge >= 0.3 is 0 Å². The van der Waals surface area contributed by atoms with Crippen LogP contribution in [-0.2, 0) is 18.4 Å². The number of imidazole rings is 1. The van der Waals surface area contributed by atoms with E-state index in [0.717, 1.165) is 34.3 Å². The first-order valence-electron chi connectivity index (χ1n) is 9.11. The van der Waals surface area contributed by atoms with E-state index >= 15 is 0 Å². The Morgan fingerprint density at radius 3 is 2.38 bits per heavy atom. The van der Waals surface area contributed by atoms with Gasteiger partial charge in [-0.25, -0.2) is 4.98 Å². The van der Waals surface area contributed by atoms with Gasteiger partial charge in [-0.3, -0.25) is 0 Å². The highest BCUT2D eigenvalue weighted by molar-refractivity contribution is 7.99. The van der Waals surface area contributed by atoms with Crippen LogP contribution in [0.25, 0.3) is 0 Å². The molecule has 0 spiro atoms. The molecule has 0 amide bonds. The van der Waals surface area contributed by atoms with E-state index in [0.29, 0.717) is 22.6 Å². The van der Waals surface area contributed by atoms with Crippen LogP contribution < -0.4 is 0 Å². The molecule has 26 heavy (non-hydrogen) atoms. The van der Waals surface area contributed by atoms with Gasteiger partial charge in [0, 0.05) is 22.0 Å². The number of hydrogen-bond acceptors (Lipinski definition) is 3. The normalized spacial score (nSPS) is 16.6. The van der Waals surface area contributed by atoms with Crippen LogP contribution in [0.2, 0.25) is 10.0 Å². The third kappa shape index (κ3) is 4.59. The summed E-state index contributed by atoms with van der Waals surface area (Å²) in [5, 5.41) is 2.41. The topological polar surface area (TPSA) is 27.1 Å². The summed E-state index contributed by atoms with van der Waals surface area (Å²) in [5.41, 5.74) is 1.08. The number of hydrogen-bond donors (Lipinski definition) is 0. The Bertz CT molecular complexity index is 762. The fourth-order valence-corrected chi connectivity index (χ4v) is 5.26. The van der Waals surface area contributed by atoms with Gasteiger partial charge in [0.1, 0.15) is 17.5 Å². The Morgan fingerprint density at radius 1 is 1.19 bits per heavy atom. The zero-order valence-corrected chi connectivity index (χ0v) is 18.1. The average Bonchev–Trinajstić information content (AvgIpc) is 3.10. The number of nitrogens with zero attached hydrogens (tertiary/aromatic N) is 2. The van der Waals surface area contributed by atoms with E-state index in [1.165, 1.54) is 12.8 Å². The van der Waals surface area contributed by atoms with Crippen LogP contribution >= 0.6 is 35.0 Å². The smallest absolute Gasteiger partial charge is 0.135 e. The zero-order chi connectivity index (χ0) is 18.9. The van der Waals surface area contributed by atoms with Crippen LogP contribution in [0.15, 0.2) is 28.1 Å². The molecule has 3 rings (SSSR count). The van der Waals surface area contributed by atoms with Crippen LogP contribution in [0.1, 0.15) is 63.9 Å². The minimum atomic E-state index is -0.00225. The number of aromatic nitrogens is 2. The van der Waals surface area contributed by atoms with Crippen molar-refractivity contribution < 1.29 is 4.74 Å². The highest BCUT2D eigenvalue weighted by Gasteiger charge is 2.30. The fraction of sp³-hybridized carbons (Fsp3) is 0.550. The molecule has 1 aliphatic rings. The molecule has 0 aliphatic heterocycles. The Hall–Kier alpha value is -0.680. The molecule has 1 saturated carbocycles. The van der Waals surface area contributed by atoms with Gasteiger partial charge in [0.2, 0.25) is 0 Å². The van der Waals surface area contributed by atoms with E-state index in [9.17, 15) is 0 Å². The Balaban J connectivity index is 1.85. The van der Waals surface area contributed by atoms with Crippen LogP contribution in [0.5, 0.6) is 0 Å². The lowest BCUT2D eigenvalue weighted by molar-refractivity contribution is -0.0414. The molecule has 1 aromatic heterocycles. The molecule has 142 valence electrons. The first kappa shape index (κ1) is 20.1. The fourth-order valence-electron chi connectivity index (χ4n) is 3.38. The lowest BCUT2D eigenvalue weighted by Gasteiger charge is -2.24. The van der Waals surface area contributed by atoms with E-state index in [4.69, 9.17) is 32.9 Å². The first-order valence-corrected chi connectivity index (χ1v) is 10.7. The lowest BCUT2D eigenvalue weighted by atomic mass is 10.1. The number of ether oxygens (including phenoxy) is 1. The van der Waals surface area contributed by atoms with Crippen molar-refractivity contribution in [2.24, 2.45) is 7.05 Å². The maximum atomic E-state index is 6.26. The zero-order valence-electron chi connectivity index (χ0n) is 15.8. The quantitative estimate of drug-likeness (QED) is 0.518. The van der Waals surface area contributed by atoms with E-state index in [1.807, 2.05) is 12.1 Å². The minimum absolute atomic E-state index is 0.00225. The molecule has 0 N–H and O–H groups in total. The summed E-state index contributed by atoms with van der Waals surface area (Å²) >= 11 is 14.0.